The van der Waals surface area contributed by atoms with Gasteiger partial charge in [-0.1, -0.05) is 0 Å². The second-order valence-electron chi connectivity index (χ2n) is 5.27. The lowest BCUT2D eigenvalue weighted by Gasteiger charge is -2.23. The summed E-state index contributed by atoms with van der Waals surface area (Å²) >= 11 is 0. The van der Waals surface area contributed by atoms with Crippen molar-refractivity contribution in [3.8, 4) is 0 Å². The predicted molar refractivity (Wildman–Crippen MR) is 73.3 cm³/mol. The molecule has 0 radical (unpaired) electrons. The molecule has 3 rings (SSSR count). The zero-order valence-corrected chi connectivity index (χ0v) is 12.1. The molecule has 2 fully saturated rings. The summed E-state index contributed by atoms with van der Waals surface area (Å²) in [7, 11) is -3.48. The number of hydrogen-bond donors (Lipinski definition) is 1. The highest BCUT2D eigenvalue weighted by molar-refractivity contribution is 7.87. The number of ether oxygens (including phenoxy) is 1. The van der Waals surface area contributed by atoms with Gasteiger partial charge < -0.3 is 9.15 Å². The quantitative estimate of drug-likeness (QED) is 0.893. The molecule has 0 bridgehead atoms. The molecule has 112 valence electrons. The first-order chi connectivity index (χ1) is 9.67. The molecule has 0 saturated carbocycles. The van der Waals surface area contributed by atoms with E-state index in [4.69, 9.17) is 9.15 Å². The fourth-order valence-corrected chi connectivity index (χ4v) is 4.36. The van der Waals surface area contributed by atoms with Crippen LogP contribution >= 0.6 is 0 Å². The maximum Gasteiger partial charge on any atom is 0.280 e. The van der Waals surface area contributed by atoms with Crippen LogP contribution in [0.3, 0.4) is 0 Å². The highest BCUT2D eigenvalue weighted by atomic mass is 32.2. The lowest BCUT2D eigenvalue weighted by molar-refractivity contribution is 0.114. The maximum atomic E-state index is 12.4. The summed E-state index contributed by atoms with van der Waals surface area (Å²) in [6.07, 6.45) is 5.17. The summed E-state index contributed by atoms with van der Waals surface area (Å²) in [5.41, 5.74) is 0. The molecule has 1 aromatic heterocycles. The fourth-order valence-electron chi connectivity index (χ4n) is 2.88. The van der Waals surface area contributed by atoms with Gasteiger partial charge in [-0.3, -0.25) is 0 Å². The minimum atomic E-state index is -3.48. The molecule has 0 aromatic carbocycles. The van der Waals surface area contributed by atoms with E-state index < -0.39 is 10.2 Å². The molecule has 2 saturated heterocycles. The molecular formula is C13H20N2O4S. The van der Waals surface area contributed by atoms with E-state index in [1.807, 2.05) is 6.07 Å². The van der Waals surface area contributed by atoms with Gasteiger partial charge in [-0.2, -0.15) is 17.4 Å². The second-order valence-corrected chi connectivity index (χ2v) is 6.98. The Balaban J connectivity index is 1.66. The van der Waals surface area contributed by atoms with Crippen LogP contribution < -0.4 is 4.72 Å². The van der Waals surface area contributed by atoms with Crippen LogP contribution in [0.2, 0.25) is 0 Å². The van der Waals surface area contributed by atoms with Crippen LogP contribution in [0, 0.1) is 0 Å². The highest BCUT2D eigenvalue weighted by Crippen LogP contribution is 2.33. The second kappa shape index (κ2) is 5.85. The topological polar surface area (TPSA) is 71.8 Å². The van der Waals surface area contributed by atoms with E-state index >= 15 is 0 Å². The maximum absolute atomic E-state index is 12.4. The Morgan fingerprint density at radius 3 is 2.95 bits per heavy atom. The first-order valence-electron chi connectivity index (χ1n) is 7.08. The summed E-state index contributed by atoms with van der Waals surface area (Å²) in [6.45, 7) is 1.61. The van der Waals surface area contributed by atoms with Crippen LogP contribution in [0.4, 0.5) is 0 Å². The summed E-state index contributed by atoms with van der Waals surface area (Å²) in [6, 6.07) is 3.43. The van der Waals surface area contributed by atoms with Gasteiger partial charge in [0.1, 0.15) is 5.76 Å². The van der Waals surface area contributed by atoms with Gasteiger partial charge in [-0.25, -0.2) is 0 Å². The Bertz CT molecular complexity index is 523. The largest absolute Gasteiger partial charge is 0.468 e. The van der Waals surface area contributed by atoms with E-state index in [0.717, 1.165) is 32.3 Å². The van der Waals surface area contributed by atoms with Crippen LogP contribution in [0.15, 0.2) is 22.8 Å². The molecule has 20 heavy (non-hydrogen) atoms. The SMILES string of the molecule is O=S(=O)(NC[C@@H]1CCCO1)N1CCC[C@@H]1c1ccco1. The van der Waals surface area contributed by atoms with Crippen LogP contribution in [0.1, 0.15) is 37.5 Å². The Kier molecular flexibility index (Phi) is 4.11. The normalized spacial score (nSPS) is 28.2. The molecule has 3 heterocycles. The van der Waals surface area contributed by atoms with Crippen LogP contribution in [-0.2, 0) is 14.9 Å². The predicted octanol–water partition coefficient (Wildman–Crippen LogP) is 1.43. The Morgan fingerprint density at radius 2 is 2.25 bits per heavy atom. The first-order valence-corrected chi connectivity index (χ1v) is 8.52. The molecule has 0 amide bonds. The zero-order chi connectivity index (χ0) is 14.0. The molecular weight excluding hydrogens is 280 g/mol. The lowest BCUT2D eigenvalue weighted by Crippen LogP contribution is -2.43. The summed E-state index contributed by atoms with van der Waals surface area (Å²) in [5, 5.41) is 0. The number of furan rings is 1. The minimum absolute atomic E-state index is 0.00874. The Hall–Kier alpha value is -0.890. The van der Waals surface area contributed by atoms with Crippen molar-refractivity contribution in [2.75, 3.05) is 19.7 Å². The van der Waals surface area contributed by atoms with E-state index in [2.05, 4.69) is 4.72 Å². The Labute approximate surface area is 119 Å². The van der Waals surface area contributed by atoms with E-state index in [1.165, 1.54) is 4.31 Å². The van der Waals surface area contributed by atoms with E-state index in [0.29, 0.717) is 18.8 Å². The number of rotatable bonds is 5. The molecule has 7 heteroatoms. The molecule has 2 atom stereocenters. The molecule has 2 aliphatic rings. The van der Waals surface area contributed by atoms with Crippen LogP contribution in [0.25, 0.3) is 0 Å². The van der Waals surface area contributed by atoms with Crippen molar-refractivity contribution >= 4 is 10.2 Å². The van der Waals surface area contributed by atoms with Crippen molar-refractivity contribution in [1.82, 2.24) is 9.03 Å². The van der Waals surface area contributed by atoms with Gasteiger partial charge >= 0.3 is 0 Å². The lowest BCUT2D eigenvalue weighted by atomic mass is 10.2. The summed E-state index contributed by atoms with van der Waals surface area (Å²) in [4.78, 5) is 0. The average molecular weight is 300 g/mol. The summed E-state index contributed by atoms with van der Waals surface area (Å²) < 4.78 is 39.8. The van der Waals surface area contributed by atoms with E-state index in [-0.39, 0.29) is 12.1 Å². The van der Waals surface area contributed by atoms with Crippen molar-refractivity contribution < 1.29 is 17.6 Å². The smallest absolute Gasteiger partial charge is 0.280 e. The highest BCUT2D eigenvalue weighted by Gasteiger charge is 2.36. The first kappa shape index (κ1) is 14.1. The number of nitrogens with one attached hydrogen (secondary N) is 1. The monoisotopic (exact) mass is 300 g/mol. The third-order valence-corrected chi connectivity index (χ3v) is 5.49. The molecule has 1 aromatic rings. The standard InChI is InChI=1S/C13H20N2O4S/c16-20(17,14-10-11-4-2-8-18-11)15-7-1-5-12(15)13-6-3-9-19-13/h3,6,9,11-12,14H,1-2,4-5,7-8,10H2/t11-,12+/m0/s1. The number of hydrogen-bond acceptors (Lipinski definition) is 4. The Morgan fingerprint density at radius 1 is 1.35 bits per heavy atom. The van der Waals surface area contributed by atoms with E-state index in [9.17, 15) is 8.42 Å². The minimum Gasteiger partial charge on any atom is -0.468 e. The van der Waals surface area contributed by atoms with Crippen molar-refractivity contribution in [2.24, 2.45) is 0 Å². The van der Waals surface area contributed by atoms with Gasteiger partial charge in [0, 0.05) is 19.7 Å². The molecule has 0 aliphatic carbocycles. The van der Waals surface area contributed by atoms with Crippen molar-refractivity contribution in [1.29, 1.82) is 0 Å². The van der Waals surface area contributed by atoms with Gasteiger partial charge in [0.15, 0.2) is 0 Å². The zero-order valence-electron chi connectivity index (χ0n) is 11.3. The van der Waals surface area contributed by atoms with Crippen molar-refractivity contribution in [3.63, 3.8) is 0 Å². The van der Waals surface area contributed by atoms with Crippen LogP contribution in [-0.4, -0.2) is 38.5 Å². The van der Waals surface area contributed by atoms with Crippen LogP contribution in [0.5, 0.6) is 0 Å². The average Bonchev–Trinajstić information content (AvgIpc) is 3.16. The molecule has 2 aliphatic heterocycles. The van der Waals surface area contributed by atoms with Gasteiger partial charge in [0.25, 0.3) is 10.2 Å². The number of nitrogens with zero attached hydrogens (tertiary/aromatic N) is 1. The fraction of sp³-hybridized carbons (Fsp3) is 0.692. The molecule has 6 nitrogen and oxygen atoms in total. The van der Waals surface area contributed by atoms with Gasteiger partial charge in [0.2, 0.25) is 0 Å². The van der Waals surface area contributed by atoms with Gasteiger partial charge in [-0.15, -0.1) is 0 Å². The third kappa shape index (κ3) is 2.90. The molecule has 1 N–H and O–H groups in total. The van der Waals surface area contributed by atoms with Crippen molar-refractivity contribution in [3.05, 3.63) is 24.2 Å². The van der Waals surface area contributed by atoms with Crippen molar-refractivity contribution in [2.45, 2.75) is 37.8 Å². The summed E-state index contributed by atoms with van der Waals surface area (Å²) in [5.74, 6) is 0.713. The van der Waals surface area contributed by atoms with Gasteiger partial charge in [0.05, 0.1) is 18.4 Å². The molecule has 0 unspecified atom stereocenters. The third-order valence-electron chi connectivity index (χ3n) is 3.90. The van der Waals surface area contributed by atoms with E-state index in [1.54, 1.807) is 12.3 Å². The van der Waals surface area contributed by atoms with Gasteiger partial charge in [-0.05, 0) is 37.8 Å². The molecule has 0 spiro atoms.